The lowest BCUT2D eigenvalue weighted by atomic mass is 9.98. The van der Waals surface area contributed by atoms with Crippen molar-refractivity contribution in [2.24, 2.45) is 5.41 Å². The predicted molar refractivity (Wildman–Crippen MR) is 75.3 cm³/mol. The Bertz CT molecular complexity index is 445. The van der Waals surface area contributed by atoms with Crippen LogP contribution in [-0.2, 0) is 9.63 Å². The molecular weight excluding hydrogens is 310 g/mol. The molecule has 0 N–H and O–H groups in total. The van der Waals surface area contributed by atoms with Gasteiger partial charge < -0.3 is 4.84 Å². The molecule has 2 heterocycles. The Morgan fingerprint density at radius 3 is 2.53 bits per heavy atom. The lowest BCUT2D eigenvalue weighted by molar-refractivity contribution is -0.205. The van der Waals surface area contributed by atoms with Crippen LogP contribution < -0.4 is 0 Å². The van der Waals surface area contributed by atoms with E-state index in [1.807, 2.05) is 31.6 Å². The van der Waals surface area contributed by atoms with Crippen LogP contribution in [0.3, 0.4) is 0 Å². The highest BCUT2D eigenvalue weighted by Crippen LogP contribution is 2.24. The van der Waals surface area contributed by atoms with Crippen molar-refractivity contribution >= 4 is 21.9 Å². The number of hydrogen-bond donors (Lipinski definition) is 0. The molecule has 1 aromatic heterocycles. The Labute approximate surface area is 122 Å². The standard InChI is InChI=1S/C13H20BrN3O2/c1-13(2,3)12(18)19-16-6-4-11(5-7-16)17-9-10(14)8-15-17/h8-9,11H,4-7H2,1-3H3. The van der Waals surface area contributed by atoms with Gasteiger partial charge in [0.1, 0.15) is 0 Å². The Balaban J connectivity index is 1.84. The monoisotopic (exact) mass is 329 g/mol. The van der Waals surface area contributed by atoms with Gasteiger partial charge in [-0.15, -0.1) is 5.06 Å². The number of nitrogens with zero attached hydrogens (tertiary/aromatic N) is 3. The molecule has 1 saturated heterocycles. The summed E-state index contributed by atoms with van der Waals surface area (Å²) in [7, 11) is 0. The minimum atomic E-state index is -0.455. The first kappa shape index (κ1) is 14.5. The van der Waals surface area contributed by atoms with Gasteiger partial charge in [0.15, 0.2) is 0 Å². The van der Waals surface area contributed by atoms with Crippen LogP contribution in [0.2, 0.25) is 0 Å². The number of aromatic nitrogens is 2. The van der Waals surface area contributed by atoms with Gasteiger partial charge >= 0.3 is 5.97 Å². The zero-order valence-electron chi connectivity index (χ0n) is 11.6. The van der Waals surface area contributed by atoms with Crippen molar-refractivity contribution < 1.29 is 9.63 Å². The molecule has 1 aromatic rings. The molecule has 5 nitrogen and oxygen atoms in total. The van der Waals surface area contributed by atoms with Gasteiger partial charge in [0.2, 0.25) is 0 Å². The van der Waals surface area contributed by atoms with Crippen molar-refractivity contribution in [1.29, 1.82) is 0 Å². The van der Waals surface area contributed by atoms with E-state index in [9.17, 15) is 4.79 Å². The quantitative estimate of drug-likeness (QED) is 0.837. The fourth-order valence-electron chi connectivity index (χ4n) is 1.97. The number of carbonyl (C=O) groups is 1. The van der Waals surface area contributed by atoms with E-state index in [4.69, 9.17) is 4.84 Å². The minimum absolute atomic E-state index is 0.173. The molecule has 0 radical (unpaired) electrons. The third kappa shape index (κ3) is 3.79. The van der Waals surface area contributed by atoms with Gasteiger partial charge in [-0.2, -0.15) is 5.10 Å². The van der Waals surface area contributed by atoms with Gasteiger partial charge in [-0.1, -0.05) is 0 Å². The Morgan fingerprint density at radius 2 is 2.05 bits per heavy atom. The summed E-state index contributed by atoms with van der Waals surface area (Å²) in [5.41, 5.74) is -0.455. The predicted octanol–water partition coefficient (Wildman–Crippen LogP) is 2.79. The van der Waals surface area contributed by atoms with Crippen molar-refractivity contribution in [3.63, 3.8) is 0 Å². The summed E-state index contributed by atoms with van der Waals surface area (Å²) in [4.78, 5) is 17.2. The fourth-order valence-corrected chi connectivity index (χ4v) is 2.27. The Hall–Kier alpha value is -0.880. The number of rotatable bonds is 2. The minimum Gasteiger partial charge on any atom is -0.367 e. The highest BCUT2D eigenvalue weighted by Gasteiger charge is 2.28. The Morgan fingerprint density at radius 1 is 1.42 bits per heavy atom. The van der Waals surface area contributed by atoms with E-state index >= 15 is 0 Å². The molecule has 0 atom stereocenters. The number of piperidine rings is 1. The zero-order valence-corrected chi connectivity index (χ0v) is 13.2. The lowest BCUT2D eigenvalue weighted by Crippen LogP contribution is -2.39. The van der Waals surface area contributed by atoms with Crippen LogP contribution >= 0.6 is 15.9 Å². The molecule has 0 aliphatic carbocycles. The van der Waals surface area contributed by atoms with E-state index in [1.165, 1.54) is 0 Å². The van der Waals surface area contributed by atoms with Crippen molar-refractivity contribution in [1.82, 2.24) is 14.8 Å². The first-order valence-corrected chi connectivity index (χ1v) is 7.32. The van der Waals surface area contributed by atoms with Gasteiger partial charge in [0.25, 0.3) is 0 Å². The van der Waals surface area contributed by atoms with Crippen LogP contribution in [0.4, 0.5) is 0 Å². The van der Waals surface area contributed by atoms with Crippen LogP contribution in [0, 0.1) is 5.41 Å². The van der Waals surface area contributed by atoms with Crippen molar-refractivity contribution in [2.45, 2.75) is 39.7 Å². The molecule has 0 aromatic carbocycles. The second kappa shape index (κ2) is 5.63. The van der Waals surface area contributed by atoms with E-state index < -0.39 is 5.41 Å². The normalized spacial score (nSPS) is 18.5. The summed E-state index contributed by atoms with van der Waals surface area (Å²) in [5, 5.41) is 6.07. The van der Waals surface area contributed by atoms with Gasteiger partial charge in [-0.25, -0.2) is 4.79 Å². The molecule has 1 aliphatic heterocycles. The van der Waals surface area contributed by atoms with E-state index in [0.717, 1.165) is 30.4 Å². The number of hydrogen-bond acceptors (Lipinski definition) is 4. The van der Waals surface area contributed by atoms with Crippen LogP contribution in [0.25, 0.3) is 0 Å². The van der Waals surface area contributed by atoms with Crippen LogP contribution in [-0.4, -0.2) is 33.9 Å². The fraction of sp³-hybridized carbons (Fsp3) is 0.692. The maximum Gasteiger partial charge on any atom is 0.330 e. The summed E-state index contributed by atoms with van der Waals surface area (Å²) in [5.74, 6) is -0.173. The van der Waals surface area contributed by atoms with E-state index in [2.05, 4.69) is 21.0 Å². The third-order valence-electron chi connectivity index (χ3n) is 3.19. The average molecular weight is 330 g/mol. The number of carbonyl (C=O) groups excluding carboxylic acids is 1. The molecule has 19 heavy (non-hydrogen) atoms. The zero-order chi connectivity index (χ0) is 14.0. The van der Waals surface area contributed by atoms with Gasteiger partial charge in [0, 0.05) is 19.3 Å². The lowest BCUT2D eigenvalue weighted by Gasteiger charge is -2.32. The van der Waals surface area contributed by atoms with Crippen LogP contribution in [0.5, 0.6) is 0 Å². The van der Waals surface area contributed by atoms with E-state index in [-0.39, 0.29) is 5.97 Å². The summed E-state index contributed by atoms with van der Waals surface area (Å²) >= 11 is 3.40. The molecule has 0 bridgehead atoms. The summed E-state index contributed by atoms with van der Waals surface area (Å²) < 4.78 is 2.97. The van der Waals surface area contributed by atoms with Gasteiger partial charge in [-0.3, -0.25) is 4.68 Å². The topological polar surface area (TPSA) is 47.4 Å². The molecule has 106 valence electrons. The third-order valence-corrected chi connectivity index (χ3v) is 3.60. The second-order valence-corrected chi connectivity index (χ2v) is 6.84. The maximum absolute atomic E-state index is 11.8. The number of halogens is 1. The molecule has 2 rings (SSSR count). The van der Waals surface area contributed by atoms with E-state index in [0.29, 0.717) is 6.04 Å². The first-order valence-electron chi connectivity index (χ1n) is 6.53. The van der Waals surface area contributed by atoms with Gasteiger partial charge in [-0.05, 0) is 49.5 Å². The number of hydroxylamine groups is 2. The molecular formula is C13H20BrN3O2. The van der Waals surface area contributed by atoms with Gasteiger partial charge in [0.05, 0.1) is 22.1 Å². The molecule has 1 aliphatic rings. The molecule has 1 fully saturated rings. The molecule has 0 unspecified atom stereocenters. The van der Waals surface area contributed by atoms with Crippen molar-refractivity contribution in [3.8, 4) is 0 Å². The van der Waals surface area contributed by atoms with E-state index in [1.54, 1.807) is 11.3 Å². The van der Waals surface area contributed by atoms with Crippen molar-refractivity contribution in [2.75, 3.05) is 13.1 Å². The summed E-state index contributed by atoms with van der Waals surface area (Å²) in [6.45, 7) is 7.10. The largest absolute Gasteiger partial charge is 0.367 e. The van der Waals surface area contributed by atoms with Crippen molar-refractivity contribution in [3.05, 3.63) is 16.9 Å². The second-order valence-electron chi connectivity index (χ2n) is 5.93. The van der Waals surface area contributed by atoms with Crippen LogP contribution in [0.1, 0.15) is 39.7 Å². The molecule has 6 heteroatoms. The highest BCUT2D eigenvalue weighted by molar-refractivity contribution is 9.10. The molecule has 0 saturated carbocycles. The summed E-state index contributed by atoms with van der Waals surface area (Å²) in [6, 6.07) is 0.385. The highest BCUT2D eigenvalue weighted by atomic mass is 79.9. The SMILES string of the molecule is CC(C)(C)C(=O)ON1CCC(n2cc(Br)cn2)CC1. The summed E-state index contributed by atoms with van der Waals surface area (Å²) in [6.07, 6.45) is 5.66. The van der Waals surface area contributed by atoms with Crippen LogP contribution in [0.15, 0.2) is 16.9 Å². The smallest absolute Gasteiger partial charge is 0.330 e. The Kier molecular flexibility index (Phi) is 4.30. The maximum atomic E-state index is 11.8. The average Bonchev–Trinajstić information content (AvgIpc) is 2.75. The molecule has 0 spiro atoms. The molecule has 0 amide bonds. The first-order chi connectivity index (χ1) is 8.86.